The molecule has 2 aromatic heterocycles. The summed E-state index contributed by atoms with van der Waals surface area (Å²) in [5, 5.41) is 10.6. The van der Waals surface area contributed by atoms with Gasteiger partial charge >= 0.3 is 5.97 Å². The molecule has 0 aliphatic heterocycles. The van der Waals surface area contributed by atoms with E-state index in [-0.39, 0.29) is 0 Å². The molecular weight excluding hydrogens is 288 g/mol. The van der Waals surface area contributed by atoms with E-state index >= 15 is 0 Å². The molecule has 0 unspecified atom stereocenters. The number of fused-ring (bicyclic) bond motifs is 1. The lowest BCUT2D eigenvalue weighted by atomic mass is 9.92. The normalized spacial score (nSPS) is 11.9. The van der Waals surface area contributed by atoms with Crippen molar-refractivity contribution in [1.82, 2.24) is 9.97 Å². The number of nitrogens with zero attached hydrogens (tertiary/aromatic N) is 1. The van der Waals surface area contributed by atoms with Gasteiger partial charge in [-0.3, -0.25) is 0 Å². The molecule has 0 aliphatic rings. The molecule has 0 saturated heterocycles. The second-order valence-electron chi connectivity index (χ2n) is 5.78. The fraction of sp³-hybridized carbons (Fsp3) is 0.158. The predicted octanol–water partition coefficient (Wildman–Crippen LogP) is 4.11. The van der Waals surface area contributed by atoms with Crippen LogP contribution < -0.4 is 0 Å². The van der Waals surface area contributed by atoms with Gasteiger partial charge in [0, 0.05) is 23.3 Å². The first-order valence-corrected chi connectivity index (χ1v) is 7.42. The van der Waals surface area contributed by atoms with Crippen molar-refractivity contribution in [3.05, 3.63) is 64.5 Å². The number of rotatable bonds is 3. The van der Waals surface area contributed by atoms with Gasteiger partial charge in [0.05, 0.1) is 5.57 Å². The minimum Gasteiger partial charge on any atom is -0.478 e. The van der Waals surface area contributed by atoms with E-state index in [1.807, 2.05) is 45.0 Å². The van der Waals surface area contributed by atoms with Crippen LogP contribution in [0.3, 0.4) is 0 Å². The lowest BCUT2D eigenvalue weighted by molar-refractivity contribution is -0.130. The van der Waals surface area contributed by atoms with Crippen LogP contribution in [0.5, 0.6) is 0 Å². The highest BCUT2D eigenvalue weighted by Crippen LogP contribution is 2.28. The Morgan fingerprint density at radius 2 is 1.91 bits per heavy atom. The van der Waals surface area contributed by atoms with Gasteiger partial charge in [0.2, 0.25) is 0 Å². The van der Waals surface area contributed by atoms with E-state index < -0.39 is 5.97 Å². The van der Waals surface area contributed by atoms with Crippen LogP contribution in [-0.4, -0.2) is 21.0 Å². The molecule has 3 rings (SSSR count). The topological polar surface area (TPSA) is 66.0 Å². The molecule has 0 bridgehead atoms. The van der Waals surface area contributed by atoms with Gasteiger partial charge in [-0.2, -0.15) is 0 Å². The van der Waals surface area contributed by atoms with Gasteiger partial charge in [0.25, 0.3) is 0 Å². The number of aryl methyl sites for hydroxylation is 3. The summed E-state index contributed by atoms with van der Waals surface area (Å²) >= 11 is 0. The van der Waals surface area contributed by atoms with Crippen LogP contribution in [0.4, 0.5) is 0 Å². The van der Waals surface area contributed by atoms with Crippen molar-refractivity contribution in [1.29, 1.82) is 0 Å². The number of nitrogens with one attached hydrogen (secondary N) is 1. The molecule has 0 atom stereocenters. The first-order valence-electron chi connectivity index (χ1n) is 7.42. The summed E-state index contributed by atoms with van der Waals surface area (Å²) in [5.41, 5.74) is 5.71. The van der Waals surface area contributed by atoms with Gasteiger partial charge in [-0.25, -0.2) is 9.78 Å². The van der Waals surface area contributed by atoms with Crippen molar-refractivity contribution in [2.45, 2.75) is 20.8 Å². The number of benzene rings is 1. The Bertz CT molecular complexity index is 912. The maximum absolute atomic E-state index is 11.9. The SMILES string of the molecule is Cc1cc(C)c(/C(=C/c2c[nH]c3ncccc23)C(=O)O)c(C)c1. The monoisotopic (exact) mass is 306 g/mol. The highest BCUT2D eigenvalue weighted by Gasteiger charge is 2.17. The molecule has 2 heterocycles. The van der Waals surface area contributed by atoms with Gasteiger partial charge in [-0.05, 0) is 55.7 Å². The summed E-state index contributed by atoms with van der Waals surface area (Å²) in [7, 11) is 0. The number of aromatic amines is 1. The summed E-state index contributed by atoms with van der Waals surface area (Å²) in [6.07, 6.45) is 5.21. The quantitative estimate of drug-likeness (QED) is 0.716. The number of aliphatic carboxylic acids is 1. The van der Waals surface area contributed by atoms with Gasteiger partial charge < -0.3 is 10.1 Å². The van der Waals surface area contributed by atoms with Crippen LogP contribution in [0.15, 0.2) is 36.7 Å². The smallest absolute Gasteiger partial charge is 0.336 e. The molecular formula is C19H18N2O2. The number of carbonyl (C=O) groups is 1. The predicted molar refractivity (Wildman–Crippen MR) is 92.3 cm³/mol. The minimum atomic E-state index is -0.932. The number of hydrogen-bond donors (Lipinski definition) is 2. The second kappa shape index (κ2) is 5.72. The maximum atomic E-state index is 11.9. The van der Waals surface area contributed by atoms with E-state index in [1.165, 1.54) is 0 Å². The summed E-state index contributed by atoms with van der Waals surface area (Å²) in [5.74, 6) is -0.932. The van der Waals surface area contributed by atoms with Crippen LogP contribution >= 0.6 is 0 Å². The van der Waals surface area contributed by atoms with E-state index in [9.17, 15) is 9.90 Å². The number of H-pyrrole nitrogens is 1. The first-order chi connectivity index (χ1) is 11.0. The van der Waals surface area contributed by atoms with Crippen molar-refractivity contribution in [2.24, 2.45) is 0 Å². The lowest BCUT2D eigenvalue weighted by Gasteiger charge is -2.12. The zero-order chi connectivity index (χ0) is 16.6. The summed E-state index contributed by atoms with van der Waals surface area (Å²) < 4.78 is 0. The third-order valence-electron chi connectivity index (χ3n) is 3.96. The largest absolute Gasteiger partial charge is 0.478 e. The molecule has 0 spiro atoms. The Hall–Kier alpha value is -2.88. The Balaban J connectivity index is 2.22. The lowest BCUT2D eigenvalue weighted by Crippen LogP contribution is -2.04. The van der Waals surface area contributed by atoms with E-state index in [0.29, 0.717) is 5.57 Å². The van der Waals surface area contributed by atoms with Gasteiger partial charge in [-0.1, -0.05) is 17.7 Å². The van der Waals surface area contributed by atoms with E-state index in [1.54, 1.807) is 18.5 Å². The van der Waals surface area contributed by atoms with Crippen molar-refractivity contribution in [3.8, 4) is 0 Å². The molecule has 23 heavy (non-hydrogen) atoms. The molecule has 0 radical (unpaired) electrons. The molecule has 0 fully saturated rings. The fourth-order valence-electron chi connectivity index (χ4n) is 3.10. The molecule has 0 saturated carbocycles. The van der Waals surface area contributed by atoms with E-state index in [4.69, 9.17) is 0 Å². The Labute approximate surface area is 134 Å². The molecule has 3 aromatic rings. The average Bonchev–Trinajstić information content (AvgIpc) is 2.88. The van der Waals surface area contributed by atoms with Crippen molar-refractivity contribution >= 4 is 28.7 Å². The van der Waals surface area contributed by atoms with Gasteiger partial charge in [-0.15, -0.1) is 0 Å². The zero-order valence-corrected chi connectivity index (χ0v) is 13.3. The highest BCUT2D eigenvalue weighted by atomic mass is 16.4. The van der Waals surface area contributed by atoms with Crippen LogP contribution in [-0.2, 0) is 4.79 Å². The van der Waals surface area contributed by atoms with Crippen molar-refractivity contribution in [2.75, 3.05) is 0 Å². The first kappa shape index (κ1) is 15.0. The van der Waals surface area contributed by atoms with Gasteiger partial charge in [0.1, 0.15) is 5.65 Å². The van der Waals surface area contributed by atoms with Crippen LogP contribution in [0.2, 0.25) is 0 Å². The second-order valence-corrected chi connectivity index (χ2v) is 5.78. The molecule has 116 valence electrons. The third-order valence-corrected chi connectivity index (χ3v) is 3.96. The molecule has 0 amide bonds. The van der Waals surface area contributed by atoms with E-state index in [2.05, 4.69) is 9.97 Å². The number of pyridine rings is 1. The Morgan fingerprint density at radius 3 is 2.57 bits per heavy atom. The Kier molecular flexibility index (Phi) is 3.74. The van der Waals surface area contributed by atoms with Crippen molar-refractivity contribution < 1.29 is 9.90 Å². The number of aromatic nitrogens is 2. The fourth-order valence-corrected chi connectivity index (χ4v) is 3.10. The van der Waals surface area contributed by atoms with Crippen LogP contribution in [0, 0.1) is 20.8 Å². The van der Waals surface area contributed by atoms with Crippen LogP contribution in [0.25, 0.3) is 22.7 Å². The maximum Gasteiger partial charge on any atom is 0.336 e. The summed E-state index contributed by atoms with van der Waals surface area (Å²) in [6, 6.07) is 7.79. The standard InChI is InChI=1S/C19H18N2O2/c1-11-7-12(2)17(13(3)8-11)16(19(22)23)9-14-10-21-18-15(14)5-4-6-20-18/h4-10H,1-3H3,(H,20,21)(H,22,23)/b16-9-. The third kappa shape index (κ3) is 2.75. The highest BCUT2D eigenvalue weighted by molar-refractivity contribution is 6.22. The molecule has 4 heteroatoms. The van der Waals surface area contributed by atoms with Crippen LogP contribution in [0.1, 0.15) is 27.8 Å². The molecule has 4 nitrogen and oxygen atoms in total. The molecule has 1 aromatic carbocycles. The number of carboxylic acids is 1. The number of hydrogen-bond acceptors (Lipinski definition) is 2. The zero-order valence-electron chi connectivity index (χ0n) is 13.3. The summed E-state index contributed by atoms with van der Waals surface area (Å²) in [4.78, 5) is 19.2. The average molecular weight is 306 g/mol. The number of carboxylic acid groups (broad SMARTS) is 1. The molecule has 2 N–H and O–H groups in total. The van der Waals surface area contributed by atoms with Gasteiger partial charge in [0.15, 0.2) is 0 Å². The van der Waals surface area contributed by atoms with Crippen molar-refractivity contribution in [3.63, 3.8) is 0 Å². The van der Waals surface area contributed by atoms with E-state index in [0.717, 1.165) is 38.9 Å². The Morgan fingerprint density at radius 1 is 1.22 bits per heavy atom. The summed E-state index contributed by atoms with van der Waals surface area (Å²) in [6.45, 7) is 5.91. The molecule has 0 aliphatic carbocycles. The minimum absolute atomic E-state index is 0.296.